The lowest BCUT2D eigenvalue weighted by molar-refractivity contribution is -0.125. The zero-order valence-electron chi connectivity index (χ0n) is 15.1. The SMILES string of the molecule is C[C@@H](C(=O)NCCc1c[nH]c2ccccc12)N(C)Cc1ccc(F)cc1. The highest BCUT2D eigenvalue weighted by molar-refractivity contribution is 5.83. The summed E-state index contributed by atoms with van der Waals surface area (Å²) in [5.41, 5.74) is 3.29. The van der Waals surface area contributed by atoms with Gasteiger partial charge in [-0.2, -0.15) is 0 Å². The lowest BCUT2D eigenvalue weighted by Crippen LogP contribution is -2.43. The average Bonchev–Trinajstić information content (AvgIpc) is 3.06. The quantitative estimate of drug-likeness (QED) is 0.683. The third-order valence-corrected chi connectivity index (χ3v) is 4.75. The molecule has 0 unspecified atom stereocenters. The second-order valence-electron chi connectivity index (χ2n) is 6.62. The first-order chi connectivity index (χ1) is 12.5. The molecule has 0 aliphatic carbocycles. The lowest BCUT2D eigenvalue weighted by atomic mass is 10.1. The number of nitrogens with one attached hydrogen (secondary N) is 2. The molecule has 2 aromatic carbocycles. The molecule has 5 heteroatoms. The van der Waals surface area contributed by atoms with Gasteiger partial charge in [0.1, 0.15) is 5.82 Å². The maximum atomic E-state index is 13.0. The van der Waals surface area contributed by atoms with Gasteiger partial charge in [0, 0.05) is 30.2 Å². The molecule has 0 bridgehead atoms. The van der Waals surface area contributed by atoms with Gasteiger partial charge in [0.05, 0.1) is 6.04 Å². The van der Waals surface area contributed by atoms with E-state index in [2.05, 4.69) is 16.4 Å². The number of carbonyl (C=O) groups is 1. The maximum Gasteiger partial charge on any atom is 0.237 e. The highest BCUT2D eigenvalue weighted by atomic mass is 19.1. The Kier molecular flexibility index (Phi) is 5.68. The van der Waals surface area contributed by atoms with Crippen molar-refractivity contribution in [2.45, 2.75) is 25.9 Å². The largest absolute Gasteiger partial charge is 0.361 e. The molecule has 1 atom stereocenters. The predicted molar refractivity (Wildman–Crippen MR) is 102 cm³/mol. The van der Waals surface area contributed by atoms with Gasteiger partial charge in [0.25, 0.3) is 0 Å². The number of hydrogen-bond donors (Lipinski definition) is 2. The first-order valence-corrected chi connectivity index (χ1v) is 8.82. The smallest absolute Gasteiger partial charge is 0.237 e. The van der Waals surface area contributed by atoms with Crippen LogP contribution >= 0.6 is 0 Å². The summed E-state index contributed by atoms with van der Waals surface area (Å²) in [6.45, 7) is 3.07. The van der Waals surface area contributed by atoms with E-state index in [1.54, 1.807) is 12.1 Å². The summed E-state index contributed by atoms with van der Waals surface area (Å²) < 4.78 is 13.0. The Labute approximate surface area is 153 Å². The van der Waals surface area contributed by atoms with Crippen LogP contribution in [-0.2, 0) is 17.8 Å². The molecule has 0 saturated carbocycles. The first kappa shape index (κ1) is 18.1. The number of hydrogen-bond acceptors (Lipinski definition) is 2. The molecule has 1 heterocycles. The highest BCUT2D eigenvalue weighted by Crippen LogP contribution is 2.17. The molecule has 0 radical (unpaired) electrons. The Hall–Kier alpha value is -2.66. The Morgan fingerprint density at radius 3 is 2.69 bits per heavy atom. The van der Waals surface area contributed by atoms with Gasteiger partial charge in [0.15, 0.2) is 0 Å². The number of fused-ring (bicyclic) bond motifs is 1. The number of halogens is 1. The number of amides is 1. The summed E-state index contributed by atoms with van der Waals surface area (Å²) in [6, 6.07) is 14.3. The minimum atomic E-state index is -0.261. The van der Waals surface area contributed by atoms with E-state index in [0.717, 1.165) is 17.5 Å². The van der Waals surface area contributed by atoms with Crippen LogP contribution in [0.5, 0.6) is 0 Å². The number of para-hydroxylation sites is 1. The average molecular weight is 353 g/mol. The number of carbonyl (C=O) groups excluding carboxylic acids is 1. The Morgan fingerprint density at radius 2 is 1.92 bits per heavy atom. The number of benzene rings is 2. The van der Waals surface area contributed by atoms with Crippen molar-refractivity contribution in [3.05, 3.63) is 71.7 Å². The van der Waals surface area contributed by atoms with E-state index in [-0.39, 0.29) is 17.8 Å². The van der Waals surface area contributed by atoms with Crippen LogP contribution in [-0.4, -0.2) is 35.4 Å². The number of H-pyrrole nitrogens is 1. The van der Waals surface area contributed by atoms with Crippen LogP contribution in [0.1, 0.15) is 18.1 Å². The van der Waals surface area contributed by atoms with Gasteiger partial charge in [-0.15, -0.1) is 0 Å². The minimum absolute atomic E-state index is 0.00514. The molecule has 136 valence electrons. The Morgan fingerprint density at radius 1 is 1.19 bits per heavy atom. The summed E-state index contributed by atoms with van der Waals surface area (Å²) >= 11 is 0. The van der Waals surface area contributed by atoms with E-state index in [1.165, 1.54) is 23.1 Å². The fraction of sp³-hybridized carbons (Fsp3) is 0.286. The molecule has 0 saturated heterocycles. The van der Waals surface area contributed by atoms with Crippen molar-refractivity contribution in [3.8, 4) is 0 Å². The van der Waals surface area contributed by atoms with E-state index in [9.17, 15) is 9.18 Å². The Bertz CT molecular complexity index is 872. The second-order valence-corrected chi connectivity index (χ2v) is 6.62. The molecule has 0 aliphatic heterocycles. The van der Waals surface area contributed by atoms with E-state index < -0.39 is 0 Å². The third-order valence-electron chi connectivity index (χ3n) is 4.75. The molecule has 0 fully saturated rings. The fourth-order valence-electron chi connectivity index (χ4n) is 3.02. The standard InChI is InChI=1S/C21H24FN3O/c1-15(25(2)14-16-7-9-18(22)10-8-16)21(26)23-12-11-17-13-24-20-6-4-3-5-19(17)20/h3-10,13,15,24H,11-12,14H2,1-2H3,(H,23,26)/t15-/m0/s1. The van der Waals surface area contributed by atoms with Crippen LogP contribution in [0.2, 0.25) is 0 Å². The summed E-state index contributed by atoms with van der Waals surface area (Å²) in [5.74, 6) is -0.256. The molecule has 1 aromatic heterocycles. The van der Waals surface area contributed by atoms with Gasteiger partial charge in [0.2, 0.25) is 5.91 Å². The van der Waals surface area contributed by atoms with Gasteiger partial charge in [-0.3, -0.25) is 9.69 Å². The van der Waals surface area contributed by atoms with E-state index in [0.29, 0.717) is 13.1 Å². The normalized spacial score (nSPS) is 12.5. The predicted octanol–water partition coefficient (Wildman–Crippen LogP) is 3.49. The second kappa shape index (κ2) is 8.15. The van der Waals surface area contributed by atoms with Crippen molar-refractivity contribution in [2.24, 2.45) is 0 Å². The van der Waals surface area contributed by atoms with Crippen molar-refractivity contribution in [2.75, 3.05) is 13.6 Å². The van der Waals surface area contributed by atoms with Crippen molar-refractivity contribution >= 4 is 16.8 Å². The van der Waals surface area contributed by atoms with E-state index >= 15 is 0 Å². The van der Waals surface area contributed by atoms with Gasteiger partial charge in [-0.05, 0) is 49.7 Å². The van der Waals surface area contributed by atoms with Crippen LogP contribution in [0.3, 0.4) is 0 Å². The Balaban J connectivity index is 1.50. The number of rotatable bonds is 7. The summed E-state index contributed by atoms with van der Waals surface area (Å²) in [4.78, 5) is 17.6. The topological polar surface area (TPSA) is 48.1 Å². The summed E-state index contributed by atoms with van der Waals surface area (Å²) in [6.07, 6.45) is 2.78. The molecule has 0 spiro atoms. The summed E-state index contributed by atoms with van der Waals surface area (Å²) in [7, 11) is 1.90. The van der Waals surface area contributed by atoms with Crippen molar-refractivity contribution in [1.29, 1.82) is 0 Å². The lowest BCUT2D eigenvalue weighted by Gasteiger charge is -2.24. The number of aromatic nitrogens is 1. The minimum Gasteiger partial charge on any atom is -0.361 e. The number of likely N-dealkylation sites (N-methyl/N-ethyl adjacent to an activating group) is 1. The monoisotopic (exact) mass is 353 g/mol. The van der Waals surface area contributed by atoms with Crippen LogP contribution in [0.25, 0.3) is 10.9 Å². The first-order valence-electron chi connectivity index (χ1n) is 8.82. The fourth-order valence-corrected chi connectivity index (χ4v) is 3.02. The molecule has 3 rings (SSSR count). The van der Waals surface area contributed by atoms with E-state index in [4.69, 9.17) is 0 Å². The van der Waals surface area contributed by atoms with E-state index in [1.807, 2.05) is 43.3 Å². The zero-order chi connectivity index (χ0) is 18.5. The molecule has 2 N–H and O–H groups in total. The van der Waals surface area contributed by atoms with Crippen molar-refractivity contribution in [3.63, 3.8) is 0 Å². The number of nitrogens with zero attached hydrogens (tertiary/aromatic N) is 1. The van der Waals surface area contributed by atoms with Gasteiger partial charge in [-0.1, -0.05) is 30.3 Å². The molecular weight excluding hydrogens is 329 g/mol. The number of aromatic amines is 1. The van der Waals surface area contributed by atoms with Crippen molar-refractivity contribution < 1.29 is 9.18 Å². The molecule has 3 aromatic rings. The van der Waals surface area contributed by atoms with Gasteiger partial charge in [-0.25, -0.2) is 4.39 Å². The molecule has 26 heavy (non-hydrogen) atoms. The maximum absolute atomic E-state index is 13.0. The third kappa shape index (κ3) is 4.29. The van der Waals surface area contributed by atoms with Gasteiger partial charge < -0.3 is 10.3 Å². The van der Waals surface area contributed by atoms with Crippen molar-refractivity contribution in [1.82, 2.24) is 15.2 Å². The molecular formula is C21H24FN3O. The zero-order valence-corrected chi connectivity index (χ0v) is 15.1. The van der Waals surface area contributed by atoms with Crippen LogP contribution in [0.4, 0.5) is 4.39 Å². The van der Waals surface area contributed by atoms with Crippen LogP contribution in [0.15, 0.2) is 54.7 Å². The summed E-state index contributed by atoms with van der Waals surface area (Å²) in [5, 5.41) is 4.20. The van der Waals surface area contributed by atoms with Crippen LogP contribution < -0.4 is 5.32 Å². The molecule has 0 aliphatic rings. The van der Waals surface area contributed by atoms with Crippen LogP contribution in [0, 0.1) is 5.82 Å². The highest BCUT2D eigenvalue weighted by Gasteiger charge is 2.17. The molecule has 4 nitrogen and oxygen atoms in total. The molecule has 1 amide bonds. The van der Waals surface area contributed by atoms with Gasteiger partial charge >= 0.3 is 0 Å².